The lowest BCUT2D eigenvalue weighted by atomic mass is 10.1. The topological polar surface area (TPSA) is 114 Å². The molecule has 0 bridgehead atoms. The Bertz CT molecular complexity index is 1260. The van der Waals surface area contributed by atoms with Crippen molar-refractivity contribution in [3.63, 3.8) is 0 Å². The number of hydrogen-bond donors (Lipinski definition) is 3. The van der Waals surface area contributed by atoms with Crippen LogP contribution in [0.4, 0.5) is 11.4 Å². The molecule has 1 atom stereocenters. The van der Waals surface area contributed by atoms with Gasteiger partial charge < -0.3 is 25.2 Å². The van der Waals surface area contributed by atoms with E-state index < -0.39 is 11.2 Å². The molecule has 3 aromatic rings. The normalized spacial score (nSPS) is 11.3. The molecule has 0 aliphatic carbocycles. The minimum atomic E-state index is -1.06. The predicted molar refractivity (Wildman–Crippen MR) is 136 cm³/mol. The standard InChI is InChI=1S/C26H26N2O6S/c1-15-8-9-18(26(31)32)12-21(15)28-24(29)16(2)35-20-7-5-6-19(14-20)27-25(30)17-10-11-22(33-3)23(13-17)34-4/h5-14,16H,1-4H3,(H,27,30)(H,28,29)(H,31,32). The third-order valence-corrected chi connectivity index (χ3v) is 6.26. The number of benzene rings is 3. The molecule has 3 aromatic carbocycles. The van der Waals surface area contributed by atoms with Crippen LogP contribution >= 0.6 is 11.8 Å². The Morgan fingerprint density at radius 1 is 0.886 bits per heavy atom. The maximum Gasteiger partial charge on any atom is 0.335 e. The largest absolute Gasteiger partial charge is 0.493 e. The summed E-state index contributed by atoms with van der Waals surface area (Å²) >= 11 is 1.32. The van der Waals surface area contributed by atoms with E-state index in [4.69, 9.17) is 9.47 Å². The lowest BCUT2D eigenvalue weighted by Gasteiger charge is -2.15. The van der Waals surface area contributed by atoms with Crippen LogP contribution in [0.2, 0.25) is 0 Å². The summed E-state index contributed by atoms with van der Waals surface area (Å²) in [7, 11) is 3.03. The molecule has 2 amide bonds. The number of nitrogens with one attached hydrogen (secondary N) is 2. The molecule has 0 aliphatic rings. The Morgan fingerprint density at radius 3 is 2.29 bits per heavy atom. The summed E-state index contributed by atoms with van der Waals surface area (Å²) in [6, 6.07) is 16.7. The molecular weight excluding hydrogens is 468 g/mol. The van der Waals surface area contributed by atoms with Crippen molar-refractivity contribution in [3.8, 4) is 11.5 Å². The number of anilines is 2. The third-order valence-electron chi connectivity index (χ3n) is 5.16. The summed E-state index contributed by atoms with van der Waals surface area (Å²) in [5, 5.41) is 14.4. The SMILES string of the molecule is COc1ccc(C(=O)Nc2cccc(SC(C)C(=O)Nc3cc(C(=O)O)ccc3C)c2)cc1OC. The van der Waals surface area contributed by atoms with Crippen LogP contribution in [-0.2, 0) is 4.79 Å². The van der Waals surface area contributed by atoms with Crippen molar-refractivity contribution < 1.29 is 29.0 Å². The van der Waals surface area contributed by atoms with Crippen molar-refractivity contribution in [2.75, 3.05) is 24.9 Å². The van der Waals surface area contributed by atoms with Gasteiger partial charge >= 0.3 is 5.97 Å². The highest BCUT2D eigenvalue weighted by Crippen LogP contribution is 2.29. The molecule has 35 heavy (non-hydrogen) atoms. The van der Waals surface area contributed by atoms with Crippen LogP contribution in [0, 0.1) is 6.92 Å². The van der Waals surface area contributed by atoms with Gasteiger partial charge in [-0.15, -0.1) is 11.8 Å². The summed E-state index contributed by atoms with van der Waals surface area (Å²) in [4.78, 5) is 37.5. The number of carbonyl (C=O) groups is 3. The molecule has 8 nitrogen and oxygen atoms in total. The van der Waals surface area contributed by atoms with Gasteiger partial charge in [-0.2, -0.15) is 0 Å². The Labute approximate surface area is 207 Å². The number of methoxy groups -OCH3 is 2. The van der Waals surface area contributed by atoms with Crippen LogP contribution in [0.15, 0.2) is 65.6 Å². The molecule has 0 saturated heterocycles. The van der Waals surface area contributed by atoms with Gasteiger partial charge in [-0.05, 0) is 67.9 Å². The lowest BCUT2D eigenvalue weighted by molar-refractivity contribution is -0.115. The van der Waals surface area contributed by atoms with E-state index in [1.165, 1.54) is 38.1 Å². The molecular formula is C26H26N2O6S. The van der Waals surface area contributed by atoms with Gasteiger partial charge in [0.15, 0.2) is 11.5 Å². The average Bonchev–Trinajstić information content (AvgIpc) is 2.84. The van der Waals surface area contributed by atoms with Crippen molar-refractivity contribution in [1.29, 1.82) is 0 Å². The van der Waals surface area contributed by atoms with E-state index >= 15 is 0 Å². The number of aromatic carboxylic acids is 1. The third kappa shape index (κ3) is 6.54. The first-order chi connectivity index (χ1) is 16.7. The van der Waals surface area contributed by atoms with Crippen molar-refractivity contribution in [2.45, 2.75) is 24.0 Å². The van der Waals surface area contributed by atoms with Gasteiger partial charge in [0.05, 0.1) is 25.0 Å². The number of aryl methyl sites for hydroxylation is 1. The second-order valence-corrected chi connectivity index (χ2v) is 9.05. The molecule has 0 fully saturated rings. The minimum absolute atomic E-state index is 0.101. The highest BCUT2D eigenvalue weighted by molar-refractivity contribution is 8.00. The minimum Gasteiger partial charge on any atom is -0.493 e. The van der Waals surface area contributed by atoms with E-state index in [1.807, 2.05) is 6.07 Å². The van der Waals surface area contributed by atoms with E-state index in [2.05, 4.69) is 10.6 Å². The number of rotatable bonds is 9. The van der Waals surface area contributed by atoms with Crippen LogP contribution < -0.4 is 20.1 Å². The molecule has 9 heteroatoms. The van der Waals surface area contributed by atoms with Gasteiger partial charge in [0, 0.05) is 21.8 Å². The fourth-order valence-electron chi connectivity index (χ4n) is 3.21. The summed E-state index contributed by atoms with van der Waals surface area (Å²) in [6.45, 7) is 3.55. The van der Waals surface area contributed by atoms with Crippen molar-refractivity contribution >= 4 is 40.9 Å². The second kappa shape index (κ2) is 11.4. The monoisotopic (exact) mass is 494 g/mol. The lowest BCUT2D eigenvalue weighted by Crippen LogP contribution is -2.23. The summed E-state index contributed by atoms with van der Waals surface area (Å²) < 4.78 is 10.5. The molecule has 182 valence electrons. The molecule has 0 spiro atoms. The first-order valence-corrected chi connectivity index (χ1v) is 11.5. The fourth-order valence-corrected chi connectivity index (χ4v) is 4.14. The molecule has 0 heterocycles. The Morgan fingerprint density at radius 2 is 1.60 bits per heavy atom. The summed E-state index contributed by atoms with van der Waals surface area (Å²) in [5.41, 5.74) is 2.31. The average molecular weight is 495 g/mol. The van der Waals surface area contributed by atoms with Gasteiger partial charge in [-0.25, -0.2) is 4.79 Å². The maximum absolute atomic E-state index is 12.7. The van der Waals surface area contributed by atoms with Crippen molar-refractivity contribution in [1.82, 2.24) is 0 Å². The van der Waals surface area contributed by atoms with Crippen LogP contribution in [-0.4, -0.2) is 42.4 Å². The maximum atomic E-state index is 12.7. The number of carboxylic acid groups (broad SMARTS) is 1. The van der Waals surface area contributed by atoms with Gasteiger partial charge in [0.2, 0.25) is 5.91 Å². The van der Waals surface area contributed by atoms with Crippen LogP contribution in [0.25, 0.3) is 0 Å². The van der Waals surface area contributed by atoms with E-state index in [9.17, 15) is 19.5 Å². The zero-order chi connectivity index (χ0) is 25.5. The van der Waals surface area contributed by atoms with E-state index in [0.717, 1.165) is 10.5 Å². The molecule has 1 unspecified atom stereocenters. The number of amides is 2. The van der Waals surface area contributed by atoms with Crippen LogP contribution in [0.1, 0.15) is 33.2 Å². The zero-order valence-corrected chi connectivity index (χ0v) is 20.6. The number of hydrogen-bond acceptors (Lipinski definition) is 6. The molecule has 0 aromatic heterocycles. The molecule has 3 N–H and O–H groups in total. The molecule has 0 saturated carbocycles. The number of carboxylic acids is 1. The second-order valence-electron chi connectivity index (χ2n) is 7.64. The highest BCUT2D eigenvalue weighted by Gasteiger charge is 2.17. The van der Waals surface area contributed by atoms with Crippen molar-refractivity contribution in [3.05, 3.63) is 77.4 Å². The van der Waals surface area contributed by atoms with E-state index in [1.54, 1.807) is 56.3 Å². The first kappa shape index (κ1) is 25.6. The first-order valence-electron chi connectivity index (χ1n) is 10.7. The number of ether oxygens (including phenoxy) is 2. The molecule has 0 radical (unpaired) electrons. The van der Waals surface area contributed by atoms with Crippen molar-refractivity contribution in [2.24, 2.45) is 0 Å². The highest BCUT2D eigenvalue weighted by atomic mass is 32.2. The summed E-state index contributed by atoms with van der Waals surface area (Å²) in [6.07, 6.45) is 0. The Kier molecular flexibility index (Phi) is 8.38. The van der Waals surface area contributed by atoms with Gasteiger partial charge in [-0.1, -0.05) is 12.1 Å². The molecule has 0 aliphatic heterocycles. The smallest absolute Gasteiger partial charge is 0.335 e. The van der Waals surface area contributed by atoms with Gasteiger partial charge in [0.25, 0.3) is 5.91 Å². The zero-order valence-electron chi connectivity index (χ0n) is 19.7. The van der Waals surface area contributed by atoms with Gasteiger partial charge in [-0.3, -0.25) is 9.59 Å². The summed E-state index contributed by atoms with van der Waals surface area (Å²) in [5.74, 6) is -0.657. The van der Waals surface area contributed by atoms with Gasteiger partial charge in [0.1, 0.15) is 0 Å². The Balaban J connectivity index is 1.67. The van der Waals surface area contributed by atoms with E-state index in [-0.39, 0.29) is 17.4 Å². The van der Waals surface area contributed by atoms with E-state index in [0.29, 0.717) is 28.4 Å². The van der Waals surface area contributed by atoms with Crippen LogP contribution in [0.5, 0.6) is 11.5 Å². The number of carbonyl (C=O) groups excluding carboxylic acids is 2. The predicted octanol–water partition coefficient (Wildman–Crippen LogP) is 5.08. The fraction of sp³-hybridized carbons (Fsp3) is 0.192. The van der Waals surface area contributed by atoms with Crippen LogP contribution in [0.3, 0.4) is 0 Å². The number of thioether (sulfide) groups is 1. The Hall–Kier alpha value is -3.98. The molecule has 3 rings (SSSR count). The quantitative estimate of drug-likeness (QED) is 0.355.